The molecule has 0 aromatic heterocycles. The minimum absolute atomic E-state index is 0.605. The van der Waals surface area contributed by atoms with Crippen molar-refractivity contribution >= 4 is 5.57 Å². The number of allylic oxidation sites excluding steroid dienone is 2. The molecule has 0 radical (unpaired) electrons. The van der Waals surface area contributed by atoms with E-state index >= 15 is 0 Å². The van der Waals surface area contributed by atoms with Crippen LogP contribution in [0, 0.1) is 31.1 Å². The van der Waals surface area contributed by atoms with E-state index in [-0.39, 0.29) is 0 Å². The highest BCUT2D eigenvalue weighted by atomic mass is 14.8. The first-order chi connectivity index (χ1) is 8.99. The Labute approximate surface area is 117 Å². The monoisotopic (exact) mass is 254 g/mol. The van der Waals surface area contributed by atoms with Crippen LogP contribution in [0.25, 0.3) is 5.57 Å². The Morgan fingerprint density at radius 3 is 2.58 bits per heavy atom. The molecule has 19 heavy (non-hydrogen) atoms. The molecular formula is C19H26. The van der Waals surface area contributed by atoms with E-state index in [0.29, 0.717) is 11.3 Å². The molecule has 0 aliphatic heterocycles. The summed E-state index contributed by atoms with van der Waals surface area (Å²) in [5.41, 5.74) is 8.47. The third-order valence-electron chi connectivity index (χ3n) is 5.31. The van der Waals surface area contributed by atoms with Gasteiger partial charge in [0.25, 0.3) is 0 Å². The average Bonchev–Trinajstić information content (AvgIpc) is 3.18. The van der Waals surface area contributed by atoms with E-state index in [1.807, 2.05) is 0 Å². The van der Waals surface area contributed by atoms with Crippen molar-refractivity contribution in [1.29, 1.82) is 0 Å². The normalized spacial score (nSPS) is 31.7. The van der Waals surface area contributed by atoms with E-state index in [1.165, 1.54) is 36.0 Å². The molecule has 2 saturated carbocycles. The Morgan fingerprint density at radius 2 is 2.05 bits per heavy atom. The summed E-state index contributed by atoms with van der Waals surface area (Å²) in [5.74, 6) is 1.65. The van der Waals surface area contributed by atoms with Crippen molar-refractivity contribution in [3.8, 4) is 0 Å². The van der Waals surface area contributed by atoms with Gasteiger partial charge in [-0.3, -0.25) is 0 Å². The van der Waals surface area contributed by atoms with Gasteiger partial charge in [-0.15, -0.1) is 0 Å². The first-order valence-corrected chi connectivity index (χ1v) is 7.81. The Kier molecular flexibility index (Phi) is 2.89. The van der Waals surface area contributed by atoms with Gasteiger partial charge < -0.3 is 0 Å². The van der Waals surface area contributed by atoms with Crippen molar-refractivity contribution in [3.63, 3.8) is 0 Å². The lowest BCUT2D eigenvalue weighted by atomic mass is 9.84. The summed E-state index contributed by atoms with van der Waals surface area (Å²) in [6.07, 6.45) is 4.04. The van der Waals surface area contributed by atoms with Crippen molar-refractivity contribution in [2.45, 2.75) is 53.9 Å². The van der Waals surface area contributed by atoms with Crippen LogP contribution < -0.4 is 0 Å². The first kappa shape index (κ1) is 13.0. The largest absolute Gasteiger partial charge is 0.0654 e. The number of hydrogen-bond acceptors (Lipinski definition) is 0. The van der Waals surface area contributed by atoms with Gasteiger partial charge in [0.2, 0.25) is 0 Å². The summed E-state index contributed by atoms with van der Waals surface area (Å²) >= 11 is 0. The molecule has 2 aliphatic carbocycles. The highest BCUT2D eigenvalue weighted by molar-refractivity contribution is 5.81. The zero-order valence-electron chi connectivity index (χ0n) is 13.0. The molecular weight excluding hydrogens is 228 g/mol. The number of hydrogen-bond donors (Lipinski definition) is 0. The smallest absolute Gasteiger partial charge is 0.00350 e. The fourth-order valence-electron chi connectivity index (χ4n) is 3.79. The van der Waals surface area contributed by atoms with Gasteiger partial charge in [-0.1, -0.05) is 56.5 Å². The van der Waals surface area contributed by atoms with Crippen LogP contribution in [-0.4, -0.2) is 0 Å². The number of benzene rings is 1. The summed E-state index contributed by atoms with van der Waals surface area (Å²) in [5, 5.41) is 0. The van der Waals surface area contributed by atoms with Gasteiger partial charge >= 0.3 is 0 Å². The molecule has 2 fully saturated rings. The average molecular weight is 254 g/mol. The van der Waals surface area contributed by atoms with Crippen LogP contribution in [0.5, 0.6) is 0 Å². The van der Waals surface area contributed by atoms with Crippen LogP contribution in [0.15, 0.2) is 23.8 Å². The van der Waals surface area contributed by atoms with Gasteiger partial charge in [0.15, 0.2) is 0 Å². The van der Waals surface area contributed by atoms with Gasteiger partial charge in [0.1, 0.15) is 0 Å². The van der Waals surface area contributed by atoms with Crippen LogP contribution in [0.3, 0.4) is 0 Å². The van der Waals surface area contributed by atoms with Gasteiger partial charge in [-0.2, -0.15) is 0 Å². The van der Waals surface area contributed by atoms with Crippen molar-refractivity contribution in [3.05, 3.63) is 40.5 Å². The number of aryl methyl sites for hydroxylation is 2. The Bertz CT molecular complexity index is 549. The quantitative estimate of drug-likeness (QED) is 0.662. The molecule has 2 aliphatic rings. The molecule has 1 aromatic rings. The molecule has 0 heterocycles. The van der Waals surface area contributed by atoms with Gasteiger partial charge in [0, 0.05) is 0 Å². The predicted octanol–water partition coefficient (Wildman–Crippen LogP) is 5.53. The molecule has 0 bridgehead atoms. The number of rotatable bonds is 4. The van der Waals surface area contributed by atoms with Crippen LogP contribution in [0.2, 0.25) is 0 Å². The summed E-state index contributed by atoms with van der Waals surface area (Å²) in [6.45, 7) is 11.7. The Hall–Kier alpha value is -1.04. The lowest BCUT2D eigenvalue weighted by molar-refractivity contribution is 0.642. The zero-order valence-corrected chi connectivity index (χ0v) is 13.0. The number of fused-ring (bicyclic) bond motifs is 1. The molecule has 0 nitrogen and oxygen atoms in total. The summed E-state index contributed by atoms with van der Waals surface area (Å²) in [7, 11) is 0. The maximum Gasteiger partial charge on any atom is -0.00350 e. The summed E-state index contributed by atoms with van der Waals surface area (Å²) in [4.78, 5) is 0. The minimum atomic E-state index is 0.605. The first-order valence-electron chi connectivity index (χ1n) is 7.81. The molecule has 0 N–H and O–H groups in total. The van der Waals surface area contributed by atoms with Crippen LogP contribution in [0.4, 0.5) is 0 Å². The highest BCUT2D eigenvalue weighted by Gasteiger charge is 2.72. The SMILES string of the molecule is CCCC(C)C(=C1C2CC12C)c1cc(C)ccc1C. The molecule has 0 amide bonds. The van der Waals surface area contributed by atoms with Gasteiger partial charge in [-0.25, -0.2) is 0 Å². The lowest BCUT2D eigenvalue weighted by Crippen LogP contribution is -2.04. The fourth-order valence-corrected chi connectivity index (χ4v) is 3.79. The van der Waals surface area contributed by atoms with E-state index in [2.05, 4.69) is 52.8 Å². The molecule has 0 saturated heterocycles. The van der Waals surface area contributed by atoms with E-state index in [9.17, 15) is 0 Å². The molecule has 0 spiro atoms. The topological polar surface area (TPSA) is 0 Å². The third-order valence-corrected chi connectivity index (χ3v) is 5.31. The Morgan fingerprint density at radius 1 is 1.37 bits per heavy atom. The van der Waals surface area contributed by atoms with E-state index < -0.39 is 0 Å². The highest BCUT2D eigenvalue weighted by Crippen LogP contribution is 2.81. The van der Waals surface area contributed by atoms with Crippen LogP contribution in [-0.2, 0) is 0 Å². The van der Waals surface area contributed by atoms with Crippen LogP contribution in [0.1, 0.15) is 56.7 Å². The molecule has 3 atom stereocenters. The fraction of sp³-hybridized carbons (Fsp3) is 0.579. The second kappa shape index (κ2) is 4.23. The van der Waals surface area contributed by atoms with Crippen molar-refractivity contribution < 1.29 is 0 Å². The molecule has 0 heteroatoms. The summed E-state index contributed by atoms with van der Waals surface area (Å²) in [6, 6.07) is 6.94. The Balaban J connectivity index is 2.06. The van der Waals surface area contributed by atoms with Crippen molar-refractivity contribution in [1.82, 2.24) is 0 Å². The molecule has 102 valence electrons. The zero-order chi connectivity index (χ0) is 13.8. The minimum Gasteiger partial charge on any atom is -0.0654 e. The third kappa shape index (κ3) is 1.96. The lowest BCUT2D eigenvalue weighted by Gasteiger charge is -2.21. The molecule has 3 unspecified atom stereocenters. The standard InChI is InChI=1S/C19H26/c1-6-7-14(4)17(18-16-11-19(16,18)5)15-10-12(2)8-9-13(15)3/h8-10,14,16H,6-7,11H2,1-5H3. The van der Waals surface area contributed by atoms with E-state index in [1.54, 1.807) is 11.1 Å². The van der Waals surface area contributed by atoms with Crippen molar-refractivity contribution in [2.75, 3.05) is 0 Å². The second-order valence-electron chi connectivity index (χ2n) is 7.01. The van der Waals surface area contributed by atoms with E-state index in [0.717, 1.165) is 5.92 Å². The second-order valence-corrected chi connectivity index (χ2v) is 7.01. The maximum atomic E-state index is 2.46. The predicted molar refractivity (Wildman–Crippen MR) is 83.1 cm³/mol. The maximum absolute atomic E-state index is 2.46. The van der Waals surface area contributed by atoms with E-state index in [4.69, 9.17) is 0 Å². The van der Waals surface area contributed by atoms with Gasteiger partial charge in [0.05, 0.1) is 0 Å². The summed E-state index contributed by atoms with van der Waals surface area (Å²) < 4.78 is 0. The molecule has 3 rings (SSSR count). The van der Waals surface area contributed by atoms with Crippen molar-refractivity contribution in [2.24, 2.45) is 17.3 Å². The molecule has 1 aromatic carbocycles. The van der Waals surface area contributed by atoms with Crippen LogP contribution >= 0.6 is 0 Å². The van der Waals surface area contributed by atoms with Gasteiger partial charge in [-0.05, 0) is 60.6 Å².